The van der Waals surface area contributed by atoms with Gasteiger partial charge in [0.25, 0.3) is 0 Å². The Balaban J connectivity index is 1.18. The van der Waals surface area contributed by atoms with Crippen LogP contribution in [-0.4, -0.2) is 29.7 Å². The lowest BCUT2D eigenvalue weighted by Crippen LogP contribution is -2.43. The molecule has 3 nitrogen and oxygen atoms in total. The third kappa shape index (κ3) is 4.60. The van der Waals surface area contributed by atoms with Crippen LogP contribution in [0.2, 0.25) is 0 Å². The smallest absolute Gasteiger partial charge is 0.410 e. The van der Waals surface area contributed by atoms with Crippen molar-refractivity contribution < 1.29 is 9.53 Å². The molecule has 0 saturated carbocycles. The first kappa shape index (κ1) is 22.3. The van der Waals surface area contributed by atoms with Crippen molar-refractivity contribution >= 4 is 6.09 Å². The predicted octanol–water partition coefficient (Wildman–Crippen LogP) is 7.85. The van der Waals surface area contributed by atoms with Gasteiger partial charge in [-0.3, -0.25) is 4.90 Å². The molecule has 1 amide bonds. The molecule has 1 fully saturated rings. The summed E-state index contributed by atoms with van der Waals surface area (Å²) < 4.78 is 5.99. The number of hydrogen-bond donors (Lipinski definition) is 0. The fourth-order valence-electron chi connectivity index (χ4n) is 6.19. The zero-order valence-electron chi connectivity index (χ0n) is 20.0. The molecule has 5 rings (SSSR count). The zero-order valence-corrected chi connectivity index (χ0v) is 20.0. The van der Waals surface area contributed by atoms with Crippen LogP contribution in [0.5, 0.6) is 0 Å². The summed E-state index contributed by atoms with van der Waals surface area (Å²) in [5.74, 6) is 0.127. The van der Waals surface area contributed by atoms with Gasteiger partial charge in [0, 0.05) is 12.0 Å². The molecule has 2 atom stereocenters. The highest BCUT2D eigenvalue weighted by Gasteiger charge is 2.40. The van der Waals surface area contributed by atoms with E-state index in [1.54, 1.807) is 5.57 Å². The third-order valence-electron chi connectivity index (χ3n) is 7.87. The number of benzene rings is 2. The van der Waals surface area contributed by atoms with E-state index >= 15 is 0 Å². The Labute approximate surface area is 198 Å². The van der Waals surface area contributed by atoms with Crippen LogP contribution in [0.1, 0.15) is 88.2 Å². The van der Waals surface area contributed by atoms with Crippen LogP contribution in [0.15, 0.2) is 60.2 Å². The molecule has 2 aromatic rings. The normalized spacial score (nSPS) is 21.0. The maximum absolute atomic E-state index is 13.2. The molecule has 0 radical (unpaired) electrons. The van der Waals surface area contributed by atoms with E-state index in [-0.39, 0.29) is 18.1 Å². The van der Waals surface area contributed by atoms with E-state index in [0.717, 1.165) is 19.3 Å². The number of unbranched alkanes of at least 4 members (excludes halogenated alkanes) is 5. The van der Waals surface area contributed by atoms with Crippen LogP contribution in [-0.2, 0) is 4.74 Å². The molecule has 174 valence electrons. The Morgan fingerprint density at radius 2 is 1.58 bits per heavy atom. The average molecular weight is 444 g/mol. The Bertz CT molecular complexity index is 964. The summed E-state index contributed by atoms with van der Waals surface area (Å²) in [7, 11) is 0. The lowest BCUT2D eigenvalue weighted by molar-refractivity contribution is 0.0848. The van der Waals surface area contributed by atoms with Crippen LogP contribution >= 0.6 is 0 Å². The van der Waals surface area contributed by atoms with Crippen LogP contribution in [0.25, 0.3) is 11.1 Å². The zero-order chi connectivity index (χ0) is 22.6. The molecule has 2 aliphatic heterocycles. The van der Waals surface area contributed by atoms with Crippen molar-refractivity contribution in [1.29, 1.82) is 0 Å². The van der Waals surface area contributed by atoms with Crippen molar-refractivity contribution in [3.8, 4) is 11.1 Å². The maximum atomic E-state index is 13.2. The minimum Gasteiger partial charge on any atom is -0.448 e. The number of ether oxygens (including phenoxy) is 1. The van der Waals surface area contributed by atoms with Gasteiger partial charge in [0.1, 0.15) is 6.61 Å². The van der Waals surface area contributed by atoms with Gasteiger partial charge >= 0.3 is 6.09 Å². The molecule has 33 heavy (non-hydrogen) atoms. The molecule has 2 bridgehead atoms. The van der Waals surface area contributed by atoms with Crippen molar-refractivity contribution in [2.45, 2.75) is 89.1 Å². The average Bonchev–Trinajstić information content (AvgIpc) is 3.31. The van der Waals surface area contributed by atoms with E-state index in [2.05, 4.69) is 61.5 Å². The fourth-order valence-corrected chi connectivity index (χ4v) is 6.19. The third-order valence-corrected chi connectivity index (χ3v) is 7.87. The largest absolute Gasteiger partial charge is 0.448 e. The van der Waals surface area contributed by atoms with E-state index in [4.69, 9.17) is 4.74 Å². The van der Waals surface area contributed by atoms with Gasteiger partial charge in [0.05, 0.1) is 6.04 Å². The molecule has 0 spiro atoms. The van der Waals surface area contributed by atoms with Crippen molar-refractivity contribution in [2.24, 2.45) is 0 Å². The van der Waals surface area contributed by atoms with Crippen molar-refractivity contribution in [2.75, 3.05) is 6.61 Å². The molecule has 2 aromatic carbocycles. The Morgan fingerprint density at radius 3 is 2.27 bits per heavy atom. The van der Waals surface area contributed by atoms with Crippen molar-refractivity contribution in [1.82, 2.24) is 4.90 Å². The van der Waals surface area contributed by atoms with Gasteiger partial charge in [-0.25, -0.2) is 4.79 Å². The second-order valence-corrected chi connectivity index (χ2v) is 10.1. The van der Waals surface area contributed by atoms with E-state index < -0.39 is 0 Å². The van der Waals surface area contributed by atoms with Gasteiger partial charge in [-0.15, -0.1) is 0 Å². The highest BCUT2D eigenvalue weighted by atomic mass is 16.6. The minimum atomic E-state index is -0.126. The van der Waals surface area contributed by atoms with E-state index in [9.17, 15) is 4.79 Å². The van der Waals surface area contributed by atoms with Gasteiger partial charge < -0.3 is 4.74 Å². The Morgan fingerprint density at radius 1 is 0.909 bits per heavy atom. The number of carbonyl (C=O) groups is 1. The fraction of sp³-hybridized carbons (Fsp3) is 0.500. The van der Waals surface area contributed by atoms with Gasteiger partial charge in [-0.1, -0.05) is 99.2 Å². The highest BCUT2D eigenvalue weighted by molar-refractivity contribution is 5.79. The highest BCUT2D eigenvalue weighted by Crippen LogP contribution is 2.45. The first-order valence-corrected chi connectivity index (χ1v) is 13.1. The molecule has 0 aromatic heterocycles. The van der Waals surface area contributed by atoms with E-state index in [1.807, 2.05) is 4.90 Å². The van der Waals surface area contributed by atoms with Gasteiger partial charge in [0.15, 0.2) is 0 Å². The Kier molecular flexibility index (Phi) is 6.85. The standard InChI is InChI=1S/C30H37NO2/c1-2-3-4-5-6-7-12-22-19-23-17-18-24(20-22)31(23)30(32)33-21-29-27-15-10-8-13-25(27)26-14-9-11-16-28(26)29/h8-11,13-16,19,23-24,29H,2-7,12,17-18,20-21H2,1H3. The van der Waals surface area contributed by atoms with Crippen molar-refractivity contribution in [3.63, 3.8) is 0 Å². The number of rotatable bonds is 9. The van der Waals surface area contributed by atoms with Crippen LogP contribution in [0.4, 0.5) is 4.79 Å². The molecule has 2 unspecified atom stereocenters. The second-order valence-electron chi connectivity index (χ2n) is 10.1. The summed E-state index contributed by atoms with van der Waals surface area (Å²) in [5, 5.41) is 0. The minimum absolute atomic E-state index is 0.126. The number of fused-ring (bicyclic) bond motifs is 5. The summed E-state index contributed by atoms with van der Waals surface area (Å²) in [6.07, 6.45) is 14.7. The molecule has 3 aliphatic rings. The molecular weight excluding hydrogens is 406 g/mol. The molecule has 0 N–H and O–H groups in total. The quantitative estimate of drug-likeness (QED) is 0.292. The summed E-state index contributed by atoms with van der Waals surface area (Å²) in [6.45, 7) is 2.68. The summed E-state index contributed by atoms with van der Waals surface area (Å²) in [6, 6.07) is 17.6. The monoisotopic (exact) mass is 443 g/mol. The Hall–Kier alpha value is -2.55. The van der Waals surface area contributed by atoms with E-state index in [0.29, 0.717) is 12.6 Å². The molecule has 3 heteroatoms. The van der Waals surface area contributed by atoms with Crippen LogP contribution in [0, 0.1) is 0 Å². The maximum Gasteiger partial charge on any atom is 0.410 e. The second kappa shape index (κ2) is 10.2. The molecule has 2 heterocycles. The van der Waals surface area contributed by atoms with E-state index in [1.165, 1.54) is 67.2 Å². The number of carbonyl (C=O) groups excluding carboxylic acids is 1. The van der Waals surface area contributed by atoms with Crippen molar-refractivity contribution in [3.05, 3.63) is 71.3 Å². The summed E-state index contributed by atoms with van der Waals surface area (Å²) in [5.41, 5.74) is 6.66. The summed E-state index contributed by atoms with van der Waals surface area (Å²) in [4.78, 5) is 15.2. The van der Waals surface area contributed by atoms with Crippen LogP contribution < -0.4 is 0 Å². The lowest BCUT2D eigenvalue weighted by Gasteiger charge is -2.33. The first-order chi connectivity index (χ1) is 16.3. The molecule has 1 saturated heterocycles. The topological polar surface area (TPSA) is 29.5 Å². The van der Waals surface area contributed by atoms with Gasteiger partial charge in [0.2, 0.25) is 0 Å². The number of nitrogens with zero attached hydrogens (tertiary/aromatic N) is 1. The predicted molar refractivity (Wildman–Crippen MR) is 134 cm³/mol. The molecule has 1 aliphatic carbocycles. The number of hydrogen-bond acceptors (Lipinski definition) is 2. The van der Waals surface area contributed by atoms with Gasteiger partial charge in [-0.2, -0.15) is 0 Å². The summed E-state index contributed by atoms with van der Waals surface area (Å²) >= 11 is 0. The SMILES string of the molecule is CCCCCCCCC1=CC2CCC(C1)N2C(=O)OCC1c2ccccc2-c2ccccc21. The lowest BCUT2D eigenvalue weighted by atomic mass is 9.96. The molecular formula is C30H37NO2. The van der Waals surface area contributed by atoms with Crippen LogP contribution in [0.3, 0.4) is 0 Å². The first-order valence-electron chi connectivity index (χ1n) is 13.1. The van der Waals surface area contributed by atoms with Gasteiger partial charge in [-0.05, 0) is 54.4 Å². The number of amides is 1.